The Kier molecular flexibility index (Phi) is 8.55. The number of ether oxygens (including phenoxy) is 1. The molecule has 2 amide bonds. The van der Waals surface area contributed by atoms with E-state index >= 15 is 0 Å². The Morgan fingerprint density at radius 3 is 2.50 bits per heavy atom. The summed E-state index contributed by atoms with van der Waals surface area (Å²) in [4.78, 5) is 17.5. The first kappa shape index (κ1) is 22.6. The maximum atomic E-state index is 13.3. The van der Waals surface area contributed by atoms with Gasteiger partial charge in [0, 0.05) is 29.5 Å². The average molecular weight is 430 g/mol. The molecule has 0 aliphatic carbocycles. The SMILES string of the molecule is CC(C)COCC(CN(C(=O)Nc1cccc(Cl)c1)c1ccccc1)N1CCCC1. The largest absolute Gasteiger partial charge is 0.379 e. The molecule has 0 aromatic heterocycles. The first-order chi connectivity index (χ1) is 14.5. The minimum absolute atomic E-state index is 0.150. The van der Waals surface area contributed by atoms with Crippen molar-refractivity contribution in [2.45, 2.75) is 32.7 Å². The topological polar surface area (TPSA) is 44.8 Å². The summed E-state index contributed by atoms with van der Waals surface area (Å²) in [6, 6.07) is 17.0. The normalized spacial score (nSPS) is 15.3. The highest BCUT2D eigenvalue weighted by molar-refractivity contribution is 6.30. The van der Waals surface area contributed by atoms with Gasteiger partial charge in [-0.2, -0.15) is 0 Å². The van der Waals surface area contributed by atoms with Crippen LogP contribution in [-0.2, 0) is 4.74 Å². The fourth-order valence-corrected chi connectivity index (χ4v) is 3.89. The summed E-state index contributed by atoms with van der Waals surface area (Å²) in [5.41, 5.74) is 1.55. The van der Waals surface area contributed by atoms with Crippen LogP contribution in [0.1, 0.15) is 26.7 Å². The molecule has 3 rings (SSSR count). The van der Waals surface area contributed by atoms with Gasteiger partial charge in [-0.1, -0.05) is 49.7 Å². The van der Waals surface area contributed by atoms with Gasteiger partial charge in [0.05, 0.1) is 12.6 Å². The highest BCUT2D eigenvalue weighted by Gasteiger charge is 2.27. The van der Waals surface area contributed by atoms with Crippen molar-refractivity contribution in [3.8, 4) is 0 Å². The number of benzene rings is 2. The van der Waals surface area contributed by atoms with Crippen LogP contribution in [0.3, 0.4) is 0 Å². The lowest BCUT2D eigenvalue weighted by Gasteiger charge is -2.33. The lowest BCUT2D eigenvalue weighted by Crippen LogP contribution is -2.49. The number of hydrogen-bond donors (Lipinski definition) is 1. The maximum Gasteiger partial charge on any atom is 0.326 e. The number of likely N-dealkylation sites (tertiary alicyclic amines) is 1. The summed E-state index contributed by atoms with van der Waals surface area (Å²) in [5, 5.41) is 3.59. The number of hydrogen-bond acceptors (Lipinski definition) is 3. The lowest BCUT2D eigenvalue weighted by atomic mass is 10.2. The fourth-order valence-electron chi connectivity index (χ4n) is 3.70. The van der Waals surface area contributed by atoms with Gasteiger partial charge >= 0.3 is 6.03 Å². The number of carbonyl (C=O) groups excluding carboxylic acids is 1. The summed E-state index contributed by atoms with van der Waals surface area (Å²) in [6.45, 7) is 8.31. The van der Waals surface area contributed by atoms with E-state index in [0.29, 0.717) is 29.8 Å². The van der Waals surface area contributed by atoms with Crippen molar-refractivity contribution in [3.63, 3.8) is 0 Å². The number of nitrogens with zero attached hydrogens (tertiary/aromatic N) is 2. The van der Waals surface area contributed by atoms with E-state index in [0.717, 1.165) is 25.4 Å². The van der Waals surface area contributed by atoms with Crippen molar-refractivity contribution >= 4 is 29.0 Å². The molecule has 0 spiro atoms. The Labute approximate surface area is 185 Å². The van der Waals surface area contributed by atoms with Gasteiger partial charge in [-0.25, -0.2) is 4.79 Å². The number of nitrogens with one attached hydrogen (secondary N) is 1. The highest BCUT2D eigenvalue weighted by atomic mass is 35.5. The second kappa shape index (κ2) is 11.3. The van der Waals surface area contributed by atoms with Gasteiger partial charge in [-0.3, -0.25) is 9.80 Å². The van der Waals surface area contributed by atoms with Gasteiger partial charge in [0.2, 0.25) is 0 Å². The van der Waals surface area contributed by atoms with Crippen molar-refractivity contribution in [2.24, 2.45) is 5.92 Å². The molecule has 0 radical (unpaired) electrons. The third-order valence-corrected chi connectivity index (χ3v) is 5.44. The Morgan fingerprint density at radius 2 is 1.83 bits per heavy atom. The van der Waals surface area contributed by atoms with E-state index in [1.54, 1.807) is 12.1 Å². The summed E-state index contributed by atoms with van der Waals surface area (Å²) < 4.78 is 6.00. The standard InChI is InChI=1S/C24H32ClN3O2/c1-19(2)17-30-18-23(27-13-6-7-14-27)16-28(22-11-4-3-5-12-22)24(29)26-21-10-8-9-20(25)15-21/h3-5,8-12,15,19,23H,6-7,13-14,16-18H2,1-2H3,(H,26,29). The van der Waals surface area contributed by atoms with Gasteiger partial charge in [-0.05, 0) is 62.2 Å². The Morgan fingerprint density at radius 1 is 1.10 bits per heavy atom. The first-order valence-electron chi connectivity index (χ1n) is 10.7. The molecule has 1 saturated heterocycles. The van der Waals surface area contributed by atoms with Gasteiger partial charge in [0.15, 0.2) is 0 Å². The summed E-state index contributed by atoms with van der Waals surface area (Å²) in [7, 11) is 0. The minimum Gasteiger partial charge on any atom is -0.379 e. The molecule has 0 saturated carbocycles. The highest BCUT2D eigenvalue weighted by Crippen LogP contribution is 2.21. The molecule has 0 bridgehead atoms. The van der Waals surface area contributed by atoms with E-state index < -0.39 is 0 Å². The Balaban J connectivity index is 1.78. The fraction of sp³-hybridized carbons (Fsp3) is 0.458. The van der Waals surface area contributed by atoms with Crippen LogP contribution < -0.4 is 10.2 Å². The molecule has 1 aliphatic rings. The number of carbonyl (C=O) groups is 1. The van der Waals surface area contributed by atoms with Crippen molar-refractivity contribution in [1.29, 1.82) is 0 Å². The Bertz CT molecular complexity index is 794. The van der Waals surface area contributed by atoms with Gasteiger partial charge in [-0.15, -0.1) is 0 Å². The van der Waals surface area contributed by atoms with E-state index in [1.165, 1.54) is 12.8 Å². The number of rotatable bonds is 9. The molecule has 1 N–H and O–H groups in total. The third kappa shape index (κ3) is 6.73. The van der Waals surface area contributed by atoms with Crippen LogP contribution >= 0.6 is 11.6 Å². The van der Waals surface area contributed by atoms with E-state index in [-0.39, 0.29) is 12.1 Å². The van der Waals surface area contributed by atoms with Crippen molar-refractivity contribution in [1.82, 2.24) is 4.90 Å². The summed E-state index contributed by atoms with van der Waals surface area (Å²) in [6.07, 6.45) is 2.39. The van der Waals surface area contributed by atoms with Crippen molar-refractivity contribution < 1.29 is 9.53 Å². The molecular weight excluding hydrogens is 398 g/mol. The molecule has 1 heterocycles. The van der Waals surface area contributed by atoms with E-state index in [1.807, 2.05) is 47.4 Å². The van der Waals surface area contributed by atoms with Crippen LogP contribution in [0.2, 0.25) is 5.02 Å². The number of para-hydroxylation sites is 1. The quantitative estimate of drug-likeness (QED) is 0.571. The predicted molar refractivity (Wildman–Crippen MR) is 125 cm³/mol. The number of urea groups is 1. The van der Waals surface area contributed by atoms with E-state index in [4.69, 9.17) is 16.3 Å². The minimum atomic E-state index is -0.170. The number of halogens is 1. The van der Waals surface area contributed by atoms with Gasteiger partial charge < -0.3 is 10.1 Å². The molecule has 5 nitrogen and oxygen atoms in total. The Hall–Kier alpha value is -2.08. The lowest BCUT2D eigenvalue weighted by molar-refractivity contribution is 0.0574. The number of anilines is 2. The molecule has 1 unspecified atom stereocenters. The molecule has 1 aliphatic heterocycles. The van der Waals surface area contributed by atoms with Crippen LogP contribution in [0.25, 0.3) is 0 Å². The molecule has 30 heavy (non-hydrogen) atoms. The molecule has 6 heteroatoms. The van der Waals surface area contributed by atoms with Crippen molar-refractivity contribution in [2.75, 3.05) is 43.1 Å². The van der Waals surface area contributed by atoms with E-state index in [2.05, 4.69) is 24.1 Å². The van der Waals surface area contributed by atoms with Crippen LogP contribution in [0.5, 0.6) is 0 Å². The molecule has 2 aromatic rings. The molecule has 2 aromatic carbocycles. The van der Waals surface area contributed by atoms with Gasteiger partial charge in [0.25, 0.3) is 0 Å². The monoisotopic (exact) mass is 429 g/mol. The molecule has 1 fully saturated rings. The smallest absolute Gasteiger partial charge is 0.326 e. The van der Waals surface area contributed by atoms with Crippen molar-refractivity contribution in [3.05, 3.63) is 59.6 Å². The second-order valence-electron chi connectivity index (χ2n) is 8.21. The van der Waals surface area contributed by atoms with Crippen LogP contribution in [0, 0.1) is 5.92 Å². The summed E-state index contributed by atoms with van der Waals surface area (Å²) >= 11 is 6.09. The second-order valence-corrected chi connectivity index (χ2v) is 8.65. The predicted octanol–water partition coefficient (Wildman–Crippen LogP) is 5.52. The average Bonchev–Trinajstić information content (AvgIpc) is 3.25. The van der Waals surface area contributed by atoms with E-state index in [9.17, 15) is 4.79 Å². The first-order valence-corrected chi connectivity index (χ1v) is 11.1. The maximum absolute atomic E-state index is 13.3. The van der Waals surface area contributed by atoms with Crippen LogP contribution in [0.4, 0.5) is 16.2 Å². The zero-order valence-electron chi connectivity index (χ0n) is 17.9. The molecular formula is C24H32ClN3O2. The van der Waals surface area contributed by atoms with Crippen LogP contribution in [0.15, 0.2) is 54.6 Å². The zero-order chi connectivity index (χ0) is 21.3. The van der Waals surface area contributed by atoms with Crippen LogP contribution in [-0.4, -0.2) is 49.8 Å². The summed E-state index contributed by atoms with van der Waals surface area (Å²) in [5.74, 6) is 0.487. The third-order valence-electron chi connectivity index (χ3n) is 5.20. The molecule has 162 valence electrons. The number of amides is 2. The molecule has 1 atom stereocenters. The zero-order valence-corrected chi connectivity index (χ0v) is 18.6. The van der Waals surface area contributed by atoms with Gasteiger partial charge in [0.1, 0.15) is 0 Å².